The molecule has 0 bridgehead atoms. The van der Waals surface area contributed by atoms with Crippen molar-refractivity contribution in [3.63, 3.8) is 0 Å². The second-order valence-corrected chi connectivity index (χ2v) is 6.62. The molecule has 21 heteroatoms. The molecule has 0 radical (unpaired) electrons. The lowest BCUT2D eigenvalue weighted by molar-refractivity contribution is -0.439. The maximum absolute atomic E-state index is 13.6. The molecule has 0 heterocycles. The van der Waals surface area contributed by atoms with Gasteiger partial charge in [0, 0.05) is 5.57 Å². The van der Waals surface area contributed by atoms with Crippen LogP contribution in [0.2, 0.25) is 0 Å². The third kappa shape index (κ3) is 5.28. The zero-order valence-electron chi connectivity index (χ0n) is 16.3. The molecular weight excluding hydrogens is 567 g/mol. The van der Waals surface area contributed by atoms with Crippen LogP contribution in [0, 0.1) is 0 Å². The van der Waals surface area contributed by atoms with Crippen LogP contribution >= 0.6 is 0 Å². The molecule has 3 atom stereocenters. The van der Waals surface area contributed by atoms with Gasteiger partial charge in [0.05, 0.1) is 6.42 Å². The summed E-state index contributed by atoms with van der Waals surface area (Å²) in [4.78, 5) is 21.4. The number of carbonyl (C=O) groups is 2. The number of halogens is 17. The fourth-order valence-corrected chi connectivity index (χ4v) is 1.96. The fourth-order valence-electron chi connectivity index (χ4n) is 1.96. The first-order valence-electron chi connectivity index (χ1n) is 8.24. The van der Waals surface area contributed by atoms with Crippen molar-refractivity contribution < 1.29 is 94.1 Å². The number of esters is 1. The van der Waals surface area contributed by atoms with Gasteiger partial charge in [-0.05, 0) is 0 Å². The summed E-state index contributed by atoms with van der Waals surface area (Å²) in [7, 11) is 0. The van der Waals surface area contributed by atoms with Crippen LogP contribution in [-0.4, -0.2) is 77.7 Å². The second kappa shape index (κ2) is 10.1. The smallest absolute Gasteiger partial charge is 0.385 e. The normalized spacial score (nSPS) is 16.9. The predicted octanol–water partition coefficient (Wildman–Crippen LogP) is 5.61. The molecule has 36 heavy (non-hydrogen) atoms. The molecule has 0 aliphatic heterocycles. The highest BCUT2D eigenvalue weighted by molar-refractivity contribution is 5.92. The van der Waals surface area contributed by atoms with E-state index in [0.29, 0.717) is 0 Å². The maximum atomic E-state index is 13.6. The van der Waals surface area contributed by atoms with Crippen molar-refractivity contribution >= 4 is 11.9 Å². The Hall–Kier alpha value is -2.51. The summed E-state index contributed by atoms with van der Waals surface area (Å²) in [5.74, 6) is -53.6. The van der Waals surface area contributed by atoms with Crippen LogP contribution in [0.4, 0.5) is 74.6 Å². The number of rotatable bonds is 13. The van der Waals surface area contributed by atoms with Crippen LogP contribution in [0.15, 0.2) is 12.2 Å². The van der Waals surface area contributed by atoms with Crippen LogP contribution in [0.1, 0.15) is 6.42 Å². The van der Waals surface area contributed by atoms with Crippen molar-refractivity contribution in [1.82, 2.24) is 0 Å². The lowest BCUT2D eigenvalue weighted by Crippen LogP contribution is -2.73. The van der Waals surface area contributed by atoms with Gasteiger partial charge in [-0.1, -0.05) is 6.58 Å². The highest BCUT2D eigenvalue weighted by Gasteiger charge is 2.92. The number of carbonyl (C=O) groups excluding carboxylic acids is 1. The number of ether oxygens (including phenoxy) is 1. The SMILES string of the molecule is C=C(CC(=O)O)C(=O)OC(F)C(F)(F)C(F)(F)C(F)(F)C(F)(F)C(F)(F)C(F)(F)C(F)C(F)C(F)F. The molecule has 0 aromatic carbocycles. The molecule has 0 saturated heterocycles. The highest BCUT2D eigenvalue weighted by atomic mass is 19.4. The molecule has 212 valence electrons. The Balaban J connectivity index is 6.42. The third-order valence-corrected chi connectivity index (χ3v) is 4.04. The van der Waals surface area contributed by atoms with Crippen molar-refractivity contribution in [1.29, 1.82) is 0 Å². The largest absolute Gasteiger partial charge is 0.481 e. The molecule has 0 aliphatic rings. The van der Waals surface area contributed by atoms with Crippen molar-refractivity contribution in [2.45, 2.75) is 67.1 Å². The van der Waals surface area contributed by atoms with Crippen LogP contribution in [0.25, 0.3) is 0 Å². The van der Waals surface area contributed by atoms with Gasteiger partial charge < -0.3 is 9.84 Å². The molecule has 0 saturated carbocycles. The summed E-state index contributed by atoms with van der Waals surface area (Å²) in [6.07, 6.45) is -23.0. The van der Waals surface area contributed by atoms with E-state index in [4.69, 9.17) is 5.11 Å². The van der Waals surface area contributed by atoms with E-state index in [1.165, 1.54) is 0 Å². The molecule has 0 aromatic heterocycles. The molecule has 1 N–H and O–H groups in total. The van der Waals surface area contributed by atoms with Crippen molar-refractivity contribution in [3.05, 3.63) is 12.2 Å². The molecule has 0 spiro atoms. The summed E-state index contributed by atoms with van der Waals surface area (Å²) >= 11 is 0. The number of alkyl halides is 17. The van der Waals surface area contributed by atoms with E-state index in [2.05, 4.69) is 11.3 Å². The Labute approximate surface area is 186 Å². The summed E-state index contributed by atoms with van der Waals surface area (Å²) < 4.78 is 228. The standard InChI is InChI=1S/C15H9F17O4/c1-3(2-4(33)34)8(35)36-9(20)11(23,24)13(27,28)15(31,32)14(29,30)12(25,26)10(21,22)6(17)5(16)7(18)19/h5-7,9H,1-2H2,(H,33,34). The number of hydrogen-bond donors (Lipinski definition) is 1. The van der Waals surface area contributed by atoms with Gasteiger partial charge in [-0.15, -0.1) is 0 Å². The number of carboxylic acid groups (broad SMARTS) is 1. The Morgan fingerprint density at radius 2 is 1.06 bits per heavy atom. The highest BCUT2D eigenvalue weighted by Crippen LogP contribution is 2.61. The summed E-state index contributed by atoms with van der Waals surface area (Å²) in [5, 5.41) is 8.26. The lowest BCUT2D eigenvalue weighted by atomic mass is 9.89. The quantitative estimate of drug-likeness (QED) is 0.176. The van der Waals surface area contributed by atoms with Crippen LogP contribution in [0.5, 0.6) is 0 Å². The summed E-state index contributed by atoms with van der Waals surface area (Å²) in [6.45, 7) is 2.46. The molecule has 0 aliphatic carbocycles. The molecule has 0 fully saturated rings. The number of aliphatic carboxylic acids is 1. The molecule has 3 unspecified atom stereocenters. The van der Waals surface area contributed by atoms with E-state index < -0.39 is 84.6 Å². The predicted molar refractivity (Wildman–Crippen MR) is 77.9 cm³/mol. The minimum absolute atomic E-state index is 1.54. The van der Waals surface area contributed by atoms with E-state index in [1.54, 1.807) is 0 Å². The van der Waals surface area contributed by atoms with Crippen molar-refractivity contribution in [2.24, 2.45) is 0 Å². The number of hydrogen-bond acceptors (Lipinski definition) is 3. The molecule has 0 aromatic rings. The van der Waals surface area contributed by atoms with Crippen molar-refractivity contribution in [3.8, 4) is 0 Å². The van der Waals surface area contributed by atoms with E-state index >= 15 is 0 Å². The van der Waals surface area contributed by atoms with E-state index in [9.17, 15) is 84.2 Å². The lowest BCUT2D eigenvalue weighted by Gasteiger charge is -2.42. The fraction of sp³-hybridized carbons (Fsp3) is 0.733. The zero-order chi connectivity index (χ0) is 29.5. The van der Waals surface area contributed by atoms with Crippen molar-refractivity contribution in [2.75, 3.05) is 0 Å². The van der Waals surface area contributed by atoms with Gasteiger partial charge in [0.25, 0.3) is 6.43 Å². The van der Waals surface area contributed by atoms with Gasteiger partial charge in [-0.2, -0.15) is 57.1 Å². The van der Waals surface area contributed by atoms with E-state index in [0.717, 1.165) is 0 Å². The summed E-state index contributed by atoms with van der Waals surface area (Å²) in [6, 6.07) is 0. The van der Waals surface area contributed by atoms with Gasteiger partial charge in [-0.25, -0.2) is 22.4 Å². The molecule has 0 amide bonds. The Morgan fingerprint density at radius 1 is 0.694 bits per heavy atom. The van der Waals surface area contributed by atoms with Crippen LogP contribution in [-0.2, 0) is 14.3 Å². The van der Waals surface area contributed by atoms with Gasteiger partial charge >= 0.3 is 53.8 Å². The van der Waals surface area contributed by atoms with E-state index in [1.807, 2.05) is 0 Å². The molecule has 0 rings (SSSR count). The van der Waals surface area contributed by atoms with Gasteiger partial charge in [0.1, 0.15) is 0 Å². The van der Waals surface area contributed by atoms with Crippen LogP contribution in [0.3, 0.4) is 0 Å². The summed E-state index contributed by atoms with van der Waals surface area (Å²) in [5.41, 5.74) is -1.54. The topological polar surface area (TPSA) is 63.6 Å². The van der Waals surface area contributed by atoms with Gasteiger partial charge in [-0.3, -0.25) is 4.79 Å². The molecule has 4 nitrogen and oxygen atoms in total. The first kappa shape index (κ1) is 33.5. The number of carboxylic acids is 1. The maximum Gasteiger partial charge on any atom is 0.385 e. The average molecular weight is 576 g/mol. The molecular formula is C15H9F17O4. The Bertz CT molecular complexity index is 840. The van der Waals surface area contributed by atoms with Gasteiger partial charge in [0.15, 0.2) is 6.17 Å². The first-order chi connectivity index (χ1) is 15.7. The first-order valence-corrected chi connectivity index (χ1v) is 8.24. The monoisotopic (exact) mass is 576 g/mol. The minimum atomic E-state index is -8.57. The van der Waals surface area contributed by atoms with E-state index in [-0.39, 0.29) is 0 Å². The van der Waals surface area contributed by atoms with Gasteiger partial charge in [0.2, 0.25) is 6.17 Å². The van der Waals surface area contributed by atoms with Crippen LogP contribution < -0.4 is 0 Å². The minimum Gasteiger partial charge on any atom is -0.481 e. The third-order valence-electron chi connectivity index (χ3n) is 4.04. The Kier molecular flexibility index (Phi) is 9.39. The average Bonchev–Trinajstić information content (AvgIpc) is 2.70. The second-order valence-electron chi connectivity index (χ2n) is 6.62. The zero-order valence-corrected chi connectivity index (χ0v) is 16.3. The Morgan fingerprint density at radius 3 is 1.39 bits per heavy atom.